The van der Waals surface area contributed by atoms with E-state index in [0.717, 1.165) is 25.7 Å². The van der Waals surface area contributed by atoms with Crippen molar-refractivity contribution < 1.29 is 39.6 Å². The molecule has 0 saturated heterocycles. The van der Waals surface area contributed by atoms with Crippen molar-refractivity contribution in [3.8, 4) is 0 Å². The normalized spacial score (nSPS) is 12.3. The van der Waals surface area contributed by atoms with Gasteiger partial charge in [0.25, 0.3) is 0 Å². The van der Waals surface area contributed by atoms with Gasteiger partial charge in [-0.05, 0) is 51.9 Å². The minimum Gasteiger partial charge on any atom is -0.481 e. The van der Waals surface area contributed by atoms with E-state index in [1.165, 1.54) is 0 Å². The van der Waals surface area contributed by atoms with E-state index in [-0.39, 0.29) is 0 Å². The lowest BCUT2D eigenvalue weighted by atomic mass is 9.65. The number of carboxylic acid groups (broad SMARTS) is 4. The summed E-state index contributed by atoms with van der Waals surface area (Å²) in [7, 11) is 0. The highest BCUT2D eigenvalue weighted by atomic mass is 16.4. The van der Waals surface area contributed by atoms with E-state index in [0.29, 0.717) is 51.9 Å². The molecule has 0 aromatic rings. The Labute approximate surface area is 215 Å². The largest absolute Gasteiger partial charge is 0.481 e. The molecule has 0 unspecified atom stereocenters. The average molecular weight is 517 g/mol. The summed E-state index contributed by atoms with van der Waals surface area (Å²) in [4.78, 5) is 53.1. The number of nitrogens with zero attached hydrogens (tertiary/aromatic N) is 2. The second-order valence-electron chi connectivity index (χ2n) is 9.73. The molecule has 10 nitrogen and oxygen atoms in total. The molecule has 0 aromatic heterocycles. The first-order valence-corrected chi connectivity index (χ1v) is 13.3. The highest BCUT2D eigenvalue weighted by molar-refractivity contribution is 5.78. The summed E-state index contributed by atoms with van der Waals surface area (Å²) in [5.41, 5.74) is -3.49. The van der Waals surface area contributed by atoms with Crippen LogP contribution in [0.1, 0.15) is 105 Å². The maximum atomic E-state index is 12.4. The van der Waals surface area contributed by atoms with Crippen LogP contribution in [-0.2, 0) is 19.2 Å². The van der Waals surface area contributed by atoms with Crippen molar-refractivity contribution in [3.05, 3.63) is 0 Å². The van der Waals surface area contributed by atoms with Gasteiger partial charge in [0, 0.05) is 0 Å². The Morgan fingerprint density at radius 3 is 0.806 bits per heavy atom. The number of rotatable bonds is 23. The van der Waals surface area contributed by atoms with Crippen molar-refractivity contribution in [1.29, 1.82) is 0 Å². The summed E-state index contributed by atoms with van der Waals surface area (Å²) >= 11 is 0. The van der Waals surface area contributed by atoms with E-state index < -0.39 is 60.6 Å². The molecule has 0 heterocycles. The van der Waals surface area contributed by atoms with Crippen LogP contribution in [0.4, 0.5) is 0 Å². The Kier molecular flexibility index (Phi) is 16.2. The molecule has 0 aliphatic rings. The monoisotopic (exact) mass is 516 g/mol. The maximum Gasteiger partial charge on any atom is 0.305 e. The molecule has 10 heteroatoms. The fourth-order valence-electron chi connectivity index (χ4n) is 5.30. The molecule has 36 heavy (non-hydrogen) atoms. The molecule has 4 N–H and O–H groups in total. The highest BCUT2D eigenvalue weighted by Gasteiger charge is 2.61. The Morgan fingerprint density at radius 2 is 0.667 bits per heavy atom. The van der Waals surface area contributed by atoms with Gasteiger partial charge in [0.05, 0.1) is 36.8 Å². The molecule has 0 aliphatic carbocycles. The molecule has 0 fully saturated rings. The van der Waals surface area contributed by atoms with Gasteiger partial charge in [-0.2, -0.15) is 0 Å². The summed E-state index contributed by atoms with van der Waals surface area (Å²) in [5.74, 6) is -5.11. The maximum absolute atomic E-state index is 12.4. The van der Waals surface area contributed by atoms with Crippen molar-refractivity contribution in [2.45, 2.75) is 116 Å². The Hall–Kier alpha value is -2.20. The van der Waals surface area contributed by atoms with Crippen LogP contribution in [0.5, 0.6) is 0 Å². The Bertz CT molecular complexity index is 591. The van der Waals surface area contributed by atoms with Crippen LogP contribution in [0.3, 0.4) is 0 Å². The smallest absolute Gasteiger partial charge is 0.305 e. The van der Waals surface area contributed by atoms with Gasteiger partial charge in [-0.1, -0.05) is 53.4 Å². The molecule has 0 saturated carbocycles. The van der Waals surface area contributed by atoms with E-state index in [9.17, 15) is 39.6 Å². The van der Waals surface area contributed by atoms with Crippen LogP contribution < -0.4 is 0 Å². The number of unbranched alkanes of at least 4 members (excludes halogenated alkanes) is 4. The van der Waals surface area contributed by atoms with Gasteiger partial charge in [0.15, 0.2) is 0 Å². The second-order valence-corrected chi connectivity index (χ2v) is 9.73. The molecular formula is C26H48N2O8. The summed E-state index contributed by atoms with van der Waals surface area (Å²) in [6, 6.07) is 0. The lowest BCUT2D eigenvalue weighted by Gasteiger charge is -2.59. The molecule has 0 aliphatic heterocycles. The first-order valence-electron chi connectivity index (χ1n) is 13.3. The van der Waals surface area contributed by atoms with E-state index in [1.807, 2.05) is 27.7 Å². The molecule has 0 rings (SSSR count). The number of hydrogen-bond donors (Lipinski definition) is 4. The zero-order valence-electron chi connectivity index (χ0n) is 22.6. The quantitative estimate of drug-likeness (QED) is 0.155. The predicted molar refractivity (Wildman–Crippen MR) is 137 cm³/mol. The standard InChI is InChI=1S/C26H48N2O8/c1-5-9-13-27(14-10-6-2)25(17-21(29)30,18-22(31)32)26(19-23(33)34,20-24(35)36)28(15-11-7-3)16-12-8-4/h5-20H2,1-4H3,(H,29,30)(H,31,32)(H,33,34)(H,35,36). The predicted octanol–water partition coefficient (Wildman–Crippen LogP) is 4.17. The van der Waals surface area contributed by atoms with Crippen molar-refractivity contribution in [3.63, 3.8) is 0 Å². The molecular weight excluding hydrogens is 468 g/mol. The topological polar surface area (TPSA) is 156 Å². The van der Waals surface area contributed by atoms with Crippen LogP contribution in [0.15, 0.2) is 0 Å². The van der Waals surface area contributed by atoms with E-state index in [4.69, 9.17) is 0 Å². The van der Waals surface area contributed by atoms with Gasteiger partial charge in [-0.25, -0.2) is 0 Å². The van der Waals surface area contributed by atoms with Crippen molar-refractivity contribution in [2.75, 3.05) is 26.2 Å². The zero-order valence-corrected chi connectivity index (χ0v) is 22.6. The Balaban J connectivity index is 7.62. The third-order valence-corrected chi connectivity index (χ3v) is 6.98. The number of carboxylic acids is 4. The zero-order chi connectivity index (χ0) is 27.8. The van der Waals surface area contributed by atoms with Crippen LogP contribution in [-0.4, -0.2) is 91.4 Å². The molecule has 0 radical (unpaired) electrons. The van der Waals surface area contributed by atoms with Crippen LogP contribution >= 0.6 is 0 Å². The average Bonchev–Trinajstić information content (AvgIpc) is 2.76. The molecule has 0 bridgehead atoms. The van der Waals surface area contributed by atoms with E-state index in [2.05, 4.69) is 0 Å². The minimum absolute atomic E-state index is 0.355. The van der Waals surface area contributed by atoms with Gasteiger partial charge in [0.1, 0.15) is 0 Å². The van der Waals surface area contributed by atoms with Gasteiger partial charge in [-0.3, -0.25) is 29.0 Å². The number of aliphatic carboxylic acids is 4. The molecule has 210 valence electrons. The fourth-order valence-corrected chi connectivity index (χ4v) is 5.30. The van der Waals surface area contributed by atoms with E-state index in [1.54, 1.807) is 9.80 Å². The first kappa shape index (κ1) is 33.8. The first-order chi connectivity index (χ1) is 17.0. The van der Waals surface area contributed by atoms with Crippen LogP contribution in [0.2, 0.25) is 0 Å². The van der Waals surface area contributed by atoms with Gasteiger partial charge < -0.3 is 20.4 Å². The van der Waals surface area contributed by atoms with Gasteiger partial charge >= 0.3 is 23.9 Å². The van der Waals surface area contributed by atoms with Crippen LogP contribution in [0, 0.1) is 0 Å². The summed E-state index contributed by atoms with van der Waals surface area (Å²) < 4.78 is 0. The lowest BCUT2D eigenvalue weighted by Crippen LogP contribution is -2.73. The molecule has 0 aromatic carbocycles. The molecule has 0 amide bonds. The third kappa shape index (κ3) is 10.0. The summed E-state index contributed by atoms with van der Waals surface area (Å²) in [6.07, 6.45) is 2.97. The number of carbonyl (C=O) groups is 4. The summed E-state index contributed by atoms with van der Waals surface area (Å²) in [5, 5.41) is 40.4. The SMILES string of the molecule is CCCCN(CCCC)C(CC(=O)O)(CC(=O)O)C(CC(=O)O)(CC(=O)O)N(CCCC)CCCC. The highest BCUT2D eigenvalue weighted by Crippen LogP contribution is 2.46. The minimum atomic E-state index is -1.74. The van der Waals surface area contributed by atoms with E-state index >= 15 is 0 Å². The Morgan fingerprint density at radius 1 is 0.472 bits per heavy atom. The molecule has 0 spiro atoms. The van der Waals surface area contributed by atoms with Crippen molar-refractivity contribution in [1.82, 2.24) is 9.80 Å². The fraction of sp³-hybridized carbons (Fsp3) is 0.846. The van der Waals surface area contributed by atoms with Crippen LogP contribution in [0.25, 0.3) is 0 Å². The van der Waals surface area contributed by atoms with Gasteiger partial charge in [-0.15, -0.1) is 0 Å². The van der Waals surface area contributed by atoms with Crippen molar-refractivity contribution in [2.24, 2.45) is 0 Å². The molecule has 0 atom stereocenters. The van der Waals surface area contributed by atoms with Gasteiger partial charge in [0.2, 0.25) is 0 Å². The van der Waals surface area contributed by atoms with Crippen molar-refractivity contribution >= 4 is 23.9 Å². The lowest BCUT2D eigenvalue weighted by molar-refractivity contribution is -0.171. The third-order valence-electron chi connectivity index (χ3n) is 6.98. The summed E-state index contributed by atoms with van der Waals surface area (Å²) in [6.45, 7) is 9.27. The second kappa shape index (κ2) is 17.3. The number of hydrogen-bond acceptors (Lipinski definition) is 6.